The van der Waals surface area contributed by atoms with E-state index < -0.39 is 24.2 Å². The molecule has 7 nitrogen and oxygen atoms in total. The summed E-state index contributed by atoms with van der Waals surface area (Å²) in [6.07, 6.45) is 0.0302. The number of benzene rings is 2. The smallest absolute Gasteiger partial charge is 0.247 e. The van der Waals surface area contributed by atoms with Crippen LogP contribution in [0.5, 0.6) is 5.75 Å². The Morgan fingerprint density at radius 3 is 2.62 bits per heavy atom. The number of halogens is 2. The second-order valence-electron chi connectivity index (χ2n) is 8.30. The molecule has 4 atom stereocenters. The number of carbonyl (C=O) groups is 2. The lowest BCUT2D eigenvalue weighted by Gasteiger charge is -2.40. The molecule has 2 aromatic carbocycles. The minimum Gasteiger partial charge on any atom is -0.486 e. The number of hydrogen-bond donors (Lipinski definition) is 3. The zero-order valence-electron chi connectivity index (χ0n) is 18.6. The highest BCUT2D eigenvalue weighted by Gasteiger charge is 2.50. The SMILES string of the molecule is CCC(=O)N(Cc1ccc(Cl)c(Cl)c1)[C@@H]1C=C(C(=O)NCCO)[C@@H]2c3ccccc3O[C@@H]2[C@H]1O. The van der Waals surface area contributed by atoms with Crippen LogP contribution >= 0.6 is 23.2 Å². The van der Waals surface area contributed by atoms with Crippen LogP contribution < -0.4 is 10.1 Å². The number of carbonyl (C=O) groups excluding carboxylic acids is 2. The lowest BCUT2D eigenvalue weighted by atomic mass is 9.77. The lowest BCUT2D eigenvalue weighted by molar-refractivity contribution is -0.137. The molecule has 2 amide bonds. The summed E-state index contributed by atoms with van der Waals surface area (Å²) in [6, 6.07) is 11.6. The van der Waals surface area contributed by atoms with E-state index in [2.05, 4.69) is 5.32 Å². The highest BCUT2D eigenvalue weighted by atomic mass is 35.5. The van der Waals surface area contributed by atoms with E-state index in [0.717, 1.165) is 11.1 Å². The third kappa shape index (κ3) is 4.66. The first-order valence-corrected chi connectivity index (χ1v) is 11.9. The molecule has 1 aliphatic carbocycles. The summed E-state index contributed by atoms with van der Waals surface area (Å²) in [7, 11) is 0. The second kappa shape index (κ2) is 10.4. The molecular formula is C25H26Cl2N2O5. The summed E-state index contributed by atoms with van der Waals surface area (Å²) in [5.41, 5.74) is 1.93. The summed E-state index contributed by atoms with van der Waals surface area (Å²) in [5.74, 6) is -0.476. The monoisotopic (exact) mass is 504 g/mol. The summed E-state index contributed by atoms with van der Waals surface area (Å²) >= 11 is 12.2. The Bertz CT molecular complexity index is 1120. The largest absolute Gasteiger partial charge is 0.486 e. The maximum atomic E-state index is 13.1. The van der Waals surface area contributed by atoms with E-state index in [1.807, 2.05) is 18.2 Å². The number of ether oxygens (including phenoxy) is 1. The van der Waals surface area contributed by atoms with Crippen molar-refractivity contribution in [3.63, 3.8) is 0 Å². The summed E-state index contributed by atoms with van der Waals surface area (Å²) in [4.78, 5) is 27.7. The molecule has 0 spiro atoms. The summed E-state index contributed by atoms with van der Waals surface area (Å²) in [6.45, 7) is 1.79. The fourth-order valence-corrected chi connectivity index (χ4v) is 4.91. The molecule has 2 aromatic rings. The van der Waals surface area contributed by atoms with Crippen LogP contribution in [0.1, 0.15) is 30.4 Å². The molecule has 0 saturated heterocycles. The molecular weight excluding hydrogens is 479 g/mol. The molecule has 34 heavy (non-hydrogen) atoms. The highest BCUT2D eigenvalue weighted by Crippen LogP contribution is 2.47. The van der Waals surface area contributed by atoms with Crippen LogP contribution in [-0.2, 0) is 16.1 Å². The van der Waals surface area contributed by atoms with Crippen molar-refractivity contribution in [2.24, 2.45) is 0 Å². The van der Waals surface area contributed by atoms with E-state index in [1.165, 1.54) is 4.90 Å². The van der Waals surface area contributed by atoms with Gasteiger partial charge < -0.3 is 25.2 Å². The molecule has 0 aromatic heterocycles. The molecule has 4 rings (SSSR count). The predicted molar refractivity (Wildman–Crippen MR) is 129 cm³/mol. The fraction of sp³-hybridized carbons (Fsp3) is 0.360. The van der Waals surface area contributed by atoms with Crippen LogP contribution in [0.4, 0.5) is 0 Å². The third-order valence-electron chi connectivity index (χ3n) is 6.20. The van der Waals surface area contributed by atoms with Crippen molar-refractivity contribution >= 4 is 35.0 Å². The molecule has 180 valence electrons. The van der Waals surface area contributed by atoms with E-state index in [-0.39, 0.29) is 37.9 Å². The van der Waals surface area contributed by atoms with Crippen LogP contribution in [0.25, 0.3) is 0 Å². The van der Waals surface area contributed by atoms with E-state index in [4.69, 9.17) is 27.9 Å². The van der Waals surface area contributed by atoms with E-state index in [0.29, 0.717) is 21.4 Å². The van der Waals surface area contributed by atoms with Crippen molar-refractivity contribution in [3.8, 4) is 5.75 Å². The maximum Gasteiger partial charge on any atom is 0.247 e. The molecule has 2 aliphatic rings. The number of nitrogens with zero attached hydrogens (tertiary/aromatic N) is 1. The standard InChI is InChI=1S/C25H26Cl2N2O5/c1-2-21(31)29(13-14-7-8-17(26)18(27)11-14)19-12-16(25(33)28-9-10-30)22-15-5-3-4-6-20(15)34-24(22)23(19)32/h3-8,11-12,19,22-24,30,32H,2,9-10,13H2,1H3,(H,28,33)/t19-,22+,23+,24+/m1/s1. The number of hydrogen-bond acceptors (Lipinski definition) is 5. The average Bonchev–Trinajstić information content (AvgIpc) is 3.23. The summed E-state index contributed by atoms with van der Waals surface area (Å²) in [5, 5.41) is 24.0. The first-order valence-electron chi connectivity index (χ1n) is 11.1. The Labute approximate surface area is 207 Å². The number of para-hydroxylation sites is 1. The van der Waals surface area contributed by atoms with Gasteiger partial charge in [0.2, 0.25) is 11.8 Å². The van der Waals surface area contributed by atoms with Gasteiger partial charge >= 0.3 is 0 Å². The second-order valence-corrected chi connectivity index (χ2v) is 9.12. The first kappa shape index (κ1) is 24.5. The van der Waals surface area contributed by atoms with Crippen LogP contribution in [-0.4, -0.2) is 58.3 Å². The number of nitrogens with one attached hydrogen (secondary N) is 1. The fourth-order valence-electron chi connectivity index (χ4n) is 4.59. The Kier molecular flexibility index (Phi) is 7.48. The quantitative estimate of drug-likeness (QED) is 0.538. The molecule has 1 aliphatic heterocycles. The van der Waals surface area contributed by atoms with Crippen LogP contribution in [0, 0.1) is 0 Å². The number of rotatable bonds is 7. The topological polar surface area (TPSA) is 99.1 Å². The number of fused-ring (bicyclic) bond motifs is 3. The van der Waals surface area contributed by atoms with Gasteiger partial charge in [0.05, 0.1) is 28.6 Å². The molecule has 1 heterocycles. The zero-order chi connectivity index (χ0) is 24.4. The van der Waals surface area contributed by atoms with Gasteiger partial charge in [-0.05, 0) is 29.8 Å². The van der Waals surface area contributed by atoms with Crippen molar-refractivity contribution in [1.82, 2.24) is 10.2 Å². The van der Waals surface area contributed by atoms with Gasteiger partial charge in [-0.2, -0.15) is 0 Å². The van der Waals surface area contributed by atoms with E-state index in [9.17, 15) is 19.8 Å². The number of aliphatic hydroxyl groups excluding tert-OH is 2. The predicted octanol–water partition coefficient (Wildman–Crippen LogP) is 3.05. The van der Waals surface area contributed by atoms with Gasteiger partial charge in [-0.3, -0.25) is 9.59 Å². The van der Waals surface area contributed by atoms with E-state index >= 15 is 0 Å². The minimum absolute atomic E-state index is 0.0875. The lowest BCUT2D eigenvalue weighted by Crippen LogP contribution is -2.55. The van der Waals surface area contributed by atoms with Crippen LogP contribution in [0.15, 0.2) is 54.1 Å². The van der Waals surface area contributed by atoms with Crippen LogP contribution in [0.3, 0.4) is 0 Å². The van der Waals surface area contributed by atoms with Crippen molar-refractivity contribution in [2.75, 3.05) is 13.2 Å². The van der Waals surface area contributed by atoms with Crippen molar-refractivity contribution in [1.29, 1.82) is 0 Å². The Balaban J connectivity index is 1.75. The Hall–Kier alpha value is -2.58. The highest BCUT2D eigenvalue weighted by molar-refractivity contribution is 6.42. The molecule has 0 bridgehead atoms. The normalized spacial score (nSPS) is 22.8. The first-order chi connectivity index (χ1) is 16.3. The van der Waals surface area contributed by atoms with Gasteiger partial charge in [0.1, 0.15) is 18.0 Å². The zero-order valence-corrected chi connectivity index (χ0v) is 20.1. The molecule has 0 radical (unpaired) electrons. The minimum atomic E-state index is -1.08. The third-order valence-corrected chi connectivity index (χ3v) is 6.94. The molecule has 9 heteroatoms. The maximum absolute atomic E-state index is 13.1. The molecule has 3 N–H and O–H groups in total. The van der Waals surface area contributed by atoms with Crippen molar-refractivity contribution in [2.45, 2.75) is 44.1 Å². The summed E-state index contributed by atoms with van der Waals surface area (Å²) < 4.78 is 6.09. The average molecular weight is 505 g/mol. The van der Waals surface area contributed by atoms with Crippen LogP contribution in [0.2, 0.25) is 10.0 Å². The van der Waals surface area contributed by atoms with E-state index in [1.54, 1.807) is 37.3 Å². The molecule has 0 saturated carbocycles. The van der Waals surface area contributed by atoms with Gasteiger partial charge in [-0.25, -0.2) is 0 Å². The van der Waals surface area contributed by atoms with Crippen molar-refractivity contribution in [3.05, 3.63) is 75.3 Å². The van der Waals surface area contributed by atoms with Gasteiger partial charge in [-0.1, -0.05) is 54.4 Å². The molecule has 0 unspecified atom stereocenters. The molecule has 0 fully saturated rings. The number of amides is 2. The Morgan fingerprint density at radius 2 is 1.91 bits per heavy atom. The van der Waals surface area contributed by atoms with Gasteiger partial charge in [0.25, 0.3) is 0 Å². The number of aliphatic hydroxyl groups is 2. The van der Waals surface area contributed by atoms with Gasteiger partial charge in [0.15, 0.2) is 0 Å². The Morgan fingerprint density at radius 1 is 1.15 bits per heavy atom. The van der Waals surface area contributed by atoms with Crippen molar-refractivity contribution < 1.29 is 24.5 Å². The van der Waals surface area contributed by atoms with Gasteiger partial charge in [-0.15, -0.1) is 0 Å². The van der Waals surface area contributed by atoms with Gasteiger partial charge in [0, 0.05) is 30.6 Å².